The Hall–Kier alpha value is -0.900. The van der Waals surface area contributed by atoms with Gasteiger partial charge in [0.2, 0.25) is 0 Å². The van der Waals surface area contributed by atoms with Crippen molar-refractivity contribution < 1.29 is 0 Å². The average molecular weight is 180 g/mol. The van der Waals surface area contributed by atoms with Crippen LogP contribution < -0.4 is 5.32 Å². The van der Waals surface area contributed by atoms with Crippen LogP contribution in [0, 0.1) is 5.92 Å². The SMILES string of the molecule is CC(C)c1ncn(CC2CNC2)n1. The molecule has 1 N–H and O–H groups in total. The van der Waals surface area contributed by atoms with Crippen LogP contribution in [-0.2, 0) is 6.54 Å². The van der Waals surface area contributed by atoms with Gasteiger partial charge in [0.1, 0.15) is 6.33 Å². The molecule has 1 aliphatic heterocycles. The lowest BCUT2D eigenvalue weighted by Crippen LogP contribution is -2.44. The van der Waals surface area contributed by atoms with Gasteiger partial charge in [0.25, 0.3) is 0 Å². The van der Waals surface area contributed by atoms with Gasteiger partial charge in [-0.3, -0.25) is 4.68 Å². The molecule has 0 spiro atoms. The summed E-state index contributed by atoms with van der Waals surface area (Å²) < 4.78 is 1.96. The molecule has 0 unspecified atom stereocenters. The molecule has 72 valence electrons. The smallest absolute Gasteiger partial charge is 0.153 e. The van der Waals surface area contributed by atoms with Crippen molar-refractivity contribution in [1.29, 1.82) is 0 Å². The maximum absolute atomic E-state index is 4.41. The lowest BCUT2D eigenvalue weighted by Gasteiger charge is -2.26. The first-order valence-corrected chi connectivity index (χ1v) is 4.86. The Bertz CT molecular complexity index is 275. The molecule has 1 aliphatic rings. The monoisotopic (exact) mass is 180 g/mol. The summed E-state index contributed by atoms with van der Waals surface area (Å²) in [6, 6.07) is 0. The fourth-order valence-electron chi connectivity index (χ4n) is 1.40. The molecule has 1 aromatic heterocycles. The first-order valence-electron chi connectivity index (χ1n) is 4.86. The summed E-state index contributed by atoms with van der Waals surface area (Å²) in [7, 11) is 0. The molecule has 0 saturated carbocycles. The van der Waals surface area contributed by atoms with Crippen LogP contribution in [0.1, 0.15) is 25.6 Å². The molecule has 2 heterocycles. The van der Waals surface area contributed by atoms with Gasteiger partial charge in [-0.2, -0.15) is 5.10 Å². The zero-order chi connectivity index (χ0) is 9.26. The van der Waals surface area contributed by atoms with Gasteiger partial charge in [0, 0.05) is 31.5 Å². The lowest BCUT2D eigenvalue weighted by atomic mass is 10.0. The van der Waals surface area contributed by atoms with Crippen LogP contribution in [0.5, 0.6) is 0 Å². The minimum atomic E-state index is 0.431. The summed E-state index contributed by atoms with van der Waals surface area (Å²) in [6.07, 6.45) is 1.84. The topological polar surface area (TPSA) is 42.7 Å². The summed E-state index contributed by atoms with van der Waals surface area (Å²) in [4.78, 5) is 4.26. The fraction of sp³-hybridized carbons (Fsp3) is 0.778. The molecule has 0 radical (unpaired) electrons. The Morgan fingerprint density at radius 1 is 1.62 bits per heavy atom. The van der Waals surface area contributed by atoms with E-state index in [1.165, 1.54) is 0 Å². The molecule has 0 atom stereocenters. The van der Waals surface area contributed by atoms with Crippen LogP contribution in [0.4, 0.5) is 0 Å². The van der Waals surface area contributed by atoms with Crippen LogP contribution in [0.25, 0.3) is 0 Å². The number of rotatable bonds is 3. The van der Waals surface area contributed by atoms with Gasteiger partial charge >= 0.3 is 0 Å². The van der Waals surface area contributed by atoms with E-state index in [4.69, 9.17) is 0 Å². The first kappa shape index (κ1) is 8.69. The molecular weight excluding hydrogens is 164 g/mol. The van der Waals surface area contributed by atoms with Crippen molar-refractivity contribution in [2.24, 2.45) is 5.92 Å². The highest BCUT2D eigenvalue weighted by Gasteiger charge is 2.17. The van der Waals surface area contributed by atoms with E-state index < -0.39 is 0 Å². The normalized spacial score (nSPS) is 17.8. The number of hydrogen-bond donors (Lipinski definition) is 1. The molecule has 1 fully saturated rings. The van der Waals surface area contributed by atoms with E-state index in [1.54, 1.807) is 0 Å². The van der Waals surface area contributed by atoms with Gasteiger partial charge in [-0.25, -0.2) is 4.98 Å². The standard InChI is InChI=1S/C9H16N4/c1-7(2)9-11-6-13(12-9)5-8-3-10-4-8/h6-8,10H,3-5H2,1-2H3. The Morgan fingerprint density at radius 3 is 2.85 bits per heavy atom. The molecule has 0 bridgehead atoms. The van der Waals surface area contributed by atoms with Gasteiger partial charge in [-0.05, 0) is 0 Å². The molecule has 0 aliphatic carbocycles. The van der Waals surface area contributed by atoms with Gasteiger partial charge in [-0.1, -0.05) is 13.8 Å². The van der Waals surface area contributed by atoms with Crippen molar-refractivity contribution in [2.45, 2.75) is 26.3 Å². The lowest BCUT2D eigenvalue weighted by molar-refractivity contribution is 0.294. The fourth-order valence-corrected chi connectivity index (χ4v) is 1.40. The molecule has 4 nitrogen and oxygen atoms in total. The van der Waals surface area contributed by atoms with Crippen molar-refractivity contribution in [3.8, 4) is 0 Å². The number of hydrogen-bond acceptors (Lipinski definition) is 3. The second-order valence-electron chi connectivity index (χ2n) is 4.00. The molecular formula is C9H16N4. The zero-order valence-electron chi connectivity index (χ0n) is 8.20. The minimum Gasteiger partial charge on any atom is -0.316 e. The highest BCUT2D eigenvalue weighted by Crippen LogP contribution is 2.09. The average Bonchev–Trinajstić information content (AvgIpc) is 2.44. The van der Waals surface area contributed by atoms with Crippen molar-refractivity contribution in [2.75, 3.05) is 13.1 Å². The maximum Gasteiger partial charge on any atom is 0.153 e. The van der Waals surface area contributed by atoms with E-state index >= 15 is 0 Å². The minimum absolute atomic E-state index is 0.431. The predicted octanol–water partition coefficient (Wildman–Crippen LogP) is 0.621. The van der Waals surface area contributed by atoms with E-state index in [0.717, 1.165) is 31.4 Å². The summed E-state index contributed by atoms with van der Waals surface area (Å²) in [5.41, 5.74) is 0. The molecule has 4 heteroatoms. The van der Waals surface area contributed by atoms with E-state index in [-0.39, 0.29) is 0 Å². The molecule has 1 aromatic rings. The van der Waals surface area contributed by atoms with Crippen molar-refractivity contribution >= 4 is 0 Å². The molecule has 2 rings (SSSR count). The Morgan fingerprint density at radius 2 is 2.38 bits per heavy atom. The maximum atomic E-state index is 4.41. The van der Waals surface area contributed by atoms with Crippen molar-refractivity contribution in [1.82, 2.24) is 20.1 Å². The zero-order valence-corrected chi connectivity index (χ0v) is 8.20. The van der Waals surface area contributed by atoms with Crippen LogP contribution in [-0.4, -0.2) is 27.9 Å². The largest absolute Gasteiger partial charge is 0.316 e. The second kappa shape index (κ2) is 3.46. The predicted molar refractivity (Wildman–Crippen MR) is 50.5 cm³/mol. The highest BCUT2D eigenvalue weighted by atomic mass is 15.3. The van der Waals surface area contributed by atoms with Gasteiger partial charge in [0.05, 0.1) is 0 Å². The molecule has 1 saturated heterocycles. The second-order valence-corrected chi connectivity index (χ2v) is 4.00. The Balaban J connectivity index is 1.96. The summed E-state index contributed by atoms with van der Waals surface area (Å²) >= 11 is 0. The highest BCUT2D eigenvalue weighted by molar-refractivity contribution is 4.89. The van der Waals surface area contributed by atoms with Crippen molar-refractivity contribution in [3.05, 3.63) is 12.2 Å². The molecule has 0 amide bonds. The summed E-state index contributed by atoms with van der Waals surface area (Å²) in [6.45, 7) is 7.48. The van der Waals surface area contributed by atoms with Gasteiger partial charge in [0.15, 0.2) is 5.82 Å². The van der Waals surface area contributed by atoms with E-state index in [0.29, 0.717) is 5.92 Å². The summed E-state index contributed by atoms with van der Waals surface area (Å²) in [5.74, 6) is 2.13. The number of nitrogens with zero attached hydrogens (tertiary/aromatic N) is 3. The van der Waals surface area contributed by atoms with Crippen LogP contribution >= 0.6 is 0 Å². The Labute approximate surface area is 78.4 Å². The van der Waals surface area contributed by atoms with Crippen molar-refractivity contribution in [3.63, 3.8) is 0 Å². The van der Waals surface area contributed by atoms with Gasteiger partial charge < -0.3 is 5.32 Å². The quantitative estimate of drug-likeness (QED) is 0.741. The molecule has 0 aromatic carbocycles. The third-order valence-corrected chi connectivity index (χ3v) is 2.38. The Kier molecular flexibility index (Phi) is 2.31. The number of aromatic nitrogens is 3. The van der Waals surface area contributed by atoms with E-state index in [9.17, 15) is 0 Å². The summed E-state index contributed by atoms with van der Waals surface area (Å²) in [5, 5.41) is 7.66. The number of nitrogens with one attached hydrogen (secondary N) is 1. The van der Waals surface area contributed by atoms with Crippen LogP contribution in [0.2, 0.25) is 0 Å². The van der Waals surface area contributed by atoms with Crippen LogP contribution in [0.3, 0.4) is 0 Å². The van der Waals surface area contributed by atoms with Gasteiger partial charge in [-0.15, -0.1) is 0 Å². The third-order valence-electron chi connectivity index (χ3n) is 2.38. The molecule has 13 heavy (non-hydrogen) atoms. The van der Waals surface area contributed by atoms with Crippen LogP contribution in [0.15, 0.2) is 6.33 Å². The first-order chi connectivity index (χ1) is 6.25. The van der Waals surface area contributed by atoms with E-state index in [2.05, 4.69) is 29.2 Å². The van der Waals surface area contributed by atoms with E-state index in [1.807, 2.05) is 11.0 Å². The third kappa shape index (κ3) is 1.88.